The Morgan fingerprint density at radius 1 is 1.28 bits per heavy atom. The molecule has 2 rings (SSSR count). The summed E-state index contributed by atoms with van der Waals surface area (Å²) in [7, 11) is 0. The number of rotatable bonds is 4. The topological polar surface area (TPSA) is 52.6 Å². The van der Waals surface area contributed by atoms with Crippen LogP contribution >= 0.6 is 0 Å². The van der Waals surface area contributed by atoms with Gasteiger partial charge in [-0.25, -0.2) is 0 Å². The van der Waals surface area contributed by atoms with Crippen molar-refractivity contribution in [2.75, 3.05) is 13.1 Å². The predicted octanol–water partition coefficient (Wildman–Crippen LogP) is 1.28. The molecule has 0 aromatic rings. The Bertz CT molecular complexity index is 293. The molecule has 1 amide bonds. The molecule has 2 fully saturated rings. The van der Waals surface area contributed by atoms with E-state index in [0.717, 1.165) is 19.4 Å². The van der Waals surface area contributed by atoms with Gasteiger partial charge in [-0.1, -0.05) is 12.8 Å². The first kappa shape index (κ1) is 13.8. The second kappa shape index (κ2) is 5.57. The van der Waals surface area contributed by atoms with Crippen LogP contribution in [0.4, 0.5) is 0 Å². The summed E-state index contributed by atoms with van der Waals surface area (Å²) in [5, 5.41) is 12.5. The van der Waals surface area contributed by atoms with Crippen LogP contribution in [0.5, 0.6) is 0 Å². The number of likely N-dealkylation sites (tertiary alicyclic amines) is 1. The van der Waals surface area contributed by atoms with Crippen LogP contribution in [0.3, 0.4) is 0 Å². The second-order valence-corrected chi connectivity index (χ2v) is 6.36. The fourth-order valence-electron chi connectivity index (χ4n) is 3.16. The zero-order valence-electron chi connectivity index (χ0n) is 11.6. The molecule has 0 aromatic carbocycles. The summed E-state index contributed by atoms with van der Waals surface area (Å²) in [5.41, 5.74) is -0.827. The van der Waals surface area contributed by atoms with Crippen molar-refractivity contribution in [1.82, 2.24) is 10.2 Å². The highest BCUT2D eigenvalue weighted by Gasteiger charge is 2.36. The van der Waals surface area contributed by atoms with Gasteiger partial charge in [0.1, 0.15) is 0 Å². The summed E-state index contributed by atoms with van der Waals surface area (Å²) in [5.74, 6) is 0.0986. The highest BCUT2D eigenvalue weighted by Crippen LogP contribution is 2.30. The smallest absolute Gasteiger partial charge is 0.237 e. The molecule has 1 atom stereocenters. The standard InChI is InChI=1S/C14H26N2O2/c1-14(2,18)10-15-13(17)12-8-5-9-16(12)11-6-3-4-7-11/h11-12,18H,3-10H2,1-2H3,(H,15,17)/t12-/m1/s1. The SMILES string of the molecule is CC(C)(O)CNC(=O)[C@H]1CCCN1C1CCCC1. The lowest BCUT2D eigenvalue weighted by molar-refractivity contribution is -0.127. The van der Waals surface area contributed by atoms with Crippen LogP contribution in [-0.4, -0.2) is 46.7 Å². The van der Waals surface area contributed by atoms with E-state index >= 15 is 0 Å². The van der Waals surface area contributed by atoms with Crippen molar-refractivity contribution >= 4 is 5.91 Å². The lowest BCUT2D eigenvalue weighted by atomic mass is 10.1. The van der Waals surface area contributed by atoms with Crippen molar-refractivity contribution in [3.63, 3.8) is 0 Å². The number of carbonyl (C=O) groups is 1. The quantitative estimate of drug-likeness (QED) is 0.794. The van der Waals surface area contributed by atoms with E-state index in [1.807, 2.05) is 0 Å². The van der Waals surface area contributed by atoms with Gasteiger partial charge in [-0.3, -0.25) is 9.69 Å². The van der Waals surface area contributed by atoms with Crippen LogP contribution in [0, 0.1) is 0 Å². The molecule has 18 heavy (non-hydrogen) atoms. The number of aliphatic hydroxyl groups is 1. The van der Waals surface area contributed by atoms with Crippen LogP contribution in [0.15, 0.2) is 0 Å². The van der Waals surface area contributed by atoms with Crippen LogP contribution in [0.25, 0.3) is 0 Å². The van der Waals surface area contributed by atoms with Gasteiger partial charge in [-0.15, -0.1) is 0 Å². The van der Waals surface area contributed by atoms with E-state index in [1.165, 1.54) is 25.7 Å². The predicted molar refractivity (Wildman–Crippen MR) is 71.3 cm³/mol. The number of carbonyl (C=O) groups excluding carboxylic acids is 1. The van der Waals surface area contributed by atoms with E-state index in [9.17, 15) is 9.90 Å². The first-order valence-corrected chi connectivity index (χ1v) is 7.23. The Kier molecular flexibility index (Phi) is 4.28. The first-order valence-electron chi connectivity index (χ1n) is 7.23. The molecule has 1 saturated carbocycles. The van der Waals surface area contributed by atoms with Gasteiger partial charge in [0.25, 0.3) is 0 Å². The minimum absolute atomic E-state index is 0.0375. The van der Waals surface area contributed by atoms with Gasteiger partial charge in [-0.05, 0) is 46.1 Å². The molecule has 2 N–H and O–H groups in total. The number of hydrogen-bond donors (Lipinski definition) is 2. The monoisotopic (exact) mass is 254 g/mol. The number of hydrogen-bond acceptors (Lipinski definition) is 3. The summed E-state index contributed by atoms with van der Waals surface area (Å²) >= 11 is 0. The Morgan fingerprint density at radius 3 is 2.56 bits per heavy atom. The summed E-state index contributed by atoms with van der Waals surface area (Å²) in [6.45, 7) is 4.83. The molecule has 1 aliphatic heterocycles. The van der Waals surface area contributed by atoms with Crippen LogP contribution in [0.2, 0.25) is 0 Å². The van der Waals surface area contributed by atoms with Gasteiger partial charge in [0.2, 0.25) is 5.91 Å². The molecule has 0 aromatic heterocycles. The van der Waals surface area contributed by atoms with Crippen LogP contribution < -0.4 is 5.32 Å². The maximum atomic E-state index is 12.2. The largest absolute Gasteiger partial charge is 0.389 e. The maximum Gasteiger partial charge on any atom is 0.237 e. The lowest BCUT2D eigenvalue weighted by Gasteiger charge is -2.30. The van der Waals surface area contributed by atoms with Gasteiger partial charge in [0.05, 0.1) is 11.6 Å². The highest BCUT2D eigenvalue weighted by molar-refractivity contribution is 5.82. The Morgan fingerprint density at radius 2 is 1.94 bits per heavy atom. The van der Waals surface area contributed by atoms with E-state index < -0.39 is 5.60 Å². The first-order chi connectivity index (χ1) is 8.47. The zero-order valence-corrected chi connectivity index (χ0v) is 11.6. The van der Waals surface area contributed by atoms with Gasteiger partial charge in [0.15, 0.2) is 0 Å². The molecular weight excluding hydrogens is 228 g/mol. The van der Waals surface area contributed by atoms with E-state index in [0.29, 0.717) is 12.6 Å². The fourth-order valence-corrected chi connectivity index (χ4v) is 3.16. The van der Waals surface area contributed by atoms with Crippen molar-refractivity contribution in [2.45, 2.75) is 70.1 Å². The third-order valence-electron chi connectivity index (χ3n) is 4.09. The molecule has 1 saturated heterocycles. The van der Waals surface area contributed by atoms with Gasteiger partial charge in [0, 0.05) is 12.6 Å². The molecule has 0 unspecified atom stereocenters. The molecule has 104 valence electrons. The Hall–Kier alpha value is -0.610. The third-order valence-corrected chi connectivity index (χ3v) is 4.09. The minimum Gasteiger partial charge on any atom is -0.389 e. The van der Waals surface area contributed by atoms with Gasteiger partial charge >= 0.3 is 0 Å². The molecule has 4 heteroatoms. The van der Waals surface area contributed by atoms with Crippen molar-refractivity contribution in [2.24, 2.45) is 0 Å². The molecule has 0 spiro atoms. The molecule has 2 aliphatic rings. The minimum atomic E-state index is -0.827. The van der Waals surface area contributed by atoms with E-state index in [4.69, 9.17) is 0 Å². The zero-order chi connectivity index (χ0) is 13.2. The van der Waals surface area contributed by atoms with E-state index in [-0.39, 0.29) is 11.9 Å². The number of nitrogens with zero attached hydrogens (tertiary/aromatic N) is 1. The van der Waals surface area contributed by atoms with Crippen molar-refractivity contribution < 1.29 is 9.90 Å². The van der Waals surface area contributed by atoms with Crippen LogP contribution in [-0.2, 0) is 4.79 Å². The van der Waals surface area contributed by atoms with E-state index in [2.05, 4.69) is 10.2 Å². The normalized spacial score (nSPS) is 26.7. The highest BCUT2D eigenvalue weighted by atomic mass is 16.3. The molecular formula is C14H26N2O2. The lowest BCUT2D eigenvalue weighted by Crippen LogP contribution is -2.49. The molecule has 1 heterocycles. The fraction of sp³-hybridized carbons (Fsp3) is 0.929. The van der Waals surface area contributed by atoms with Crippen molar-refractivity contribution in [1.29, 1.82) is 0 Å². The Labute approximate surface area is 110 Å². The van der Waals surface area contributed by atoms with Crippen molar-refractivity contribution in [3.05, 3.63) is 0 Å². The summed E-state index contributed by atoms with van der Waals surface area (Å²) < 4.78 is 0. The molecule has 0 radical (unpaired) electrons. The van der Waals surface area contributed by atoms with E-state index in [1.54, 1.807) is 13.8 Å². The average Bonchev–Trinajstić information content (AvgIpc) is 2.94. The van der Waals surface area contributed by atoms with Crippen LogP contribution in [0.1, 0.15) is 52.4 Å². The second-order valence-electron chi connectivity index (χ2n) is 6.36. The van der Waals surface area contributed by atoms with Gasteiger partial charge in [-0.2, -0.15) is 0 Å². The summed E-state index contributed by atoms with van der Waals surface area (Å²) in [6.07, 6.45) is 7.19. The molecule has 0 bridgehead atoms. The summed E-state index contributed by atoms with van der Waals surface area (Å²) in [4.78, 5) is 14.6. The van der Waals surface area contributed by atoms with Gasteiger partial charge < -0.3 is 10.4 Å². The van der Waals surface area contributed by atoms with Crippen molar-refractivity contribution in [3.8, 4) is 0 Å². The number of nitrogens with one attached hydrogen (secondary N) is 1. The summed E-state index contributed by atoms with van der Waals surface area (Å²) in [6, 6.07) is 0.654. The average molecular weight is 254 g/mol. The third kappa shape index (κ3) is 3.45. The molecule has 1 aliphatic carbocycles. The number of amides is 1. The molecule has 4 nitrogen and oxygen atoms in total. The maximum absolute atomic E-state index is 12.2. The Balaban J connectivity index is 1.88.